The minimum absolute atomic E-state index is 0.0528. The van der Waals surface area contributed by atoms with E-state index in [0.29, 0.717) is 90.8 Å². The predicted octanol–water partition coefficient (Wildman–Crippen LogP) is 23.8. The Morgan fingerprint density at radius 3 is 1.37 bits per heavy atom. The third-order valence-corrected chi connectivity index (χ3v) is 20.8. The maximum Gasteiger partial charge on any atom is 0.313 e. The highest BCUT2D eigenvalue weighted by Crippen LogP contribution is 2.75. The number of hydrogen-bond acceptors (Lipinski definition) is 6. The first-order chi connectivity index (χ1) is 46.3. The molecule has 3 heterocycles. The fraction of sp³-hybridized carbons (Fsp3) is 0.963. The smallest absolute Gasteiger partial charge is 0.313 e. The van der Waals surface area contributed by atoms with Crippen molar-refractivity contribution in [3.8, 4) is 6.07 Å². The van der Waals surface area contributed by atoms with Crippen molar-refractivity contribution in [2.45, 2.75) is 342 Å². The number of nitrogens with one attached hydrogen (secondary N) is 1. The molecule has 10 aliphatic rings. The van der Waals surface area contributed by atoms with Crippen molar-refractivity contribution in [3.63, 3.8) is 0 Å². The number of rotatable bonds is 24. The lowest BCUT2D eigenvalue weighted by atomic mass is 9.34. The van der Waals surface area contributed by atoms with Gasteiger partial charge < -0.3 is 19.9 Å². The summed E-state index contributed by atoms with van der Waals surface area (Å²) in [6, 6.07) is 2.84. The lowest BCUT2D eigenvalue weighted by Crippen LogP contribution is -2.61. The summed E-state index contributed by atoms with van der Waals surface area (Å²) in [4.78, 5) is 27.5. The molecule has 7 aliphatic carbocycles. The van der Waals surface area contributed by atoms with E-state index in [1.807, 2.05) is 39.6 Å². The molecule has 0 aromatic heterocycles. The van der Waals surface area contributed by atoms with Crippen LogP contribution in [0.25, 0.3) is 0 Å². The van der Waals surface area contributed by atoms with Crippen molar-refractivity contribution >= 4 is 11.8 Å². The van der Waals surface area contributed by atoms with Crippen molar-refractivity contribution < 1.29 is 71.4 Å². The highest BCUT2D eigenvalue weighted by atomic mass is 19.3. The fourth-order valence-corrected chi connectivity index (χ4v) is 13.7. The second-order valence-electron chi connectivity index (χ2n) is 36.6. The minimum Gasteiger partial charge on any atom is -0.380 e. The Labute approximate surface area is 613 Å². The Hall–Kier alpha value is -2.60. The number of alkyl halides is 13. The number of nitriles is 1. The predicted molar refractivity (Wildman–Crippen MR) is 394 cm³/mol. The molecule has 10 rings (SSSR count). The molecular weight excluding hydrogens is 1340 g/mol. The minimum atomic E-state index is -3.77. The van der Waals surface area contributed by atoms with Gasteiger partial charge in [-0.05, 0) is 182 Å². The van der Waals surface area contributed by atoms with Gasteiger partial charge in [0.05, 0.1) is 31.2 Å². The summed E-state index contributed by atoms with van der Waals surface area (Å²) in [7, 11) is 1.84. The van der Waals surface area contributed by atoms with E-state index < -0.39 is 53.5 Å². The topological polar surface area (TPSA) is 88.9 Å². The number of amides is 2. The van der Waals surface area contributed by atoms with Crippen LogP contribution in [0.2, 0.25) is 0 Å². The molecule has 606 valence electrons. The molecule has 2 amide bonds. The average molecular weight is 1490 g/mol. The van der Waals surface area contributed by atoms with E-state index >= 15 is 0 Å². The molecular formula is C81H148F13N5O3. The first-order valence-corrected chi connectivity index (χ1v) is 39.2. The van der Waals surface area contributed by atoms with Crippen molar-refractivity contribution in [2.24, 2.45) is 93.2 Å². The van der Waals surface area contributed by atoms with Gasteiger partial charge in [-0.3, -0.25) is 14.5 Å². The molecule has 2 bridgehead atoms. The van der Waals surface area contributed by atoms with Gasteiger partial charge in [-0.1, -0.05) is 138 Å². The van der Waals surface area contributed by atoms with Gasteiger partial charge in [0.15, 0.2) is 0 Å². The Morgan fingerprint density at radius 1 is 0.647 bits per heavy atom. The highest BCUT2D eigenvalue weighted by Gasteiger charge is 2.71. The third-order valence-electron chi connectivity index (χ3n) is 20.8. The largest absolute Gasteiger partial charge is 0.380 e. The molecule has 10 fully saturated rings. The first-order valence-electron chi connectivity index (χ1n) is 39.2. The zero-order valence-electron chi connectivity index (χ0n) is 68.5. The molecule has 0 aromatic carbocycles. The van der Waals surface area contributed by atoms with Gasteiger partial charge in [-0.25, -0.2) is 39.5 Å². The van der Waals surface area contributed by atoms with Gasteiger partial charge in [0, 0.05) is 114 Å². The van der Waals surface area contributed by atoms with Gasteiger partial charge in [-0.2, -0.15) is 22.8 Å². The fourth-order valence-electron chi connectivity index (χ4n) is 13.7. The van der Waals surface area contributed by atoms with Crippen LogP contribution >= 0.6 is 0 Å². The van der Waals surface area contributed by atoms with E-state index in [9.17, 15) is 66.7 Å². The highest BCUT2D eigenvalue weighted by molar-refractivity contribution is 5.78. The molecule has 0 radical (unpaired) electrons. The number of ether oxygens (including phenoxy) is 1. The van der Waals surface area contributed by atoms with Crippen molar-refractivity contribution in [2.75, 3.05) is 66.1 Å². The van der Waals surface area contributed by atoms with E-state index in [4.69, 9.17) is 10.00 Å². The Morgan fingerprint density at radius 2 is 1.12 bits per heavy atom. The van der Waals surface area contributed by atoms with Gasteiger partial charge in [0.2, 0.25) is 17.7 Å². The number of carbonyl (C=O) groups is 2. The van der Waals surface area contributed by atoms with Crippen LogP contribution in [-0.4, -0.2) is 140 Å². The number of halogens is 13. The molecule has 0 aromatic rings. The van der Waals surface area contributed by atoms with Crippen molar-refractivity contribution in [1.29, 1.82) is 5.26 Å². The maximum absolute atomic E-state index is 12.9. The number of likely N-dealkylation sites (tertiary alicyclic amines) is 2. The van der Waals surface area contributed by atoms with Crippen LogP contribution in [0.3, 0.4) is 0 Å². The second-order valence-corrected chi connectivity index (χ2v) is 36.6. The monoisotopic (exact) mass is 1490 g/mol. The van der Waals surface area contributed by atoms with Crippen molar-refractivity contribution in [3.05, 3.63) is 0 Å². The number of hydrogen-bond donors (Lipinski definition) is 1. The molecule has 3 aliphatic heterocycles. The number of nitrogens with zero attached hydrogens (tertiary/aromatic N) is 4. The molecule has 102 heavy (non-hydrogen) atoms. The van der Waals surface area contributed by atoms with E-state index in [-0.39, 0.29) is 74.1 Å². The molecule has 3 atom stereocenters. The summed E-state index contributed by atoms with van der Waals surface area (Å²) < 4.78 is 167. The molecule has 0 spiro atoms. The first kappa shape index (κ1) is 99.4. The third kappa shape index (κ3) is 38.5. The quantitative estimate of drug-likeness (QED) is 0.0765. The summed E-state index contributed by atoms with van der Waals surface area (Å²) >= 11 is 0. The molecule has 1 N–H and O–H groups in total. The number of carbonyl (C=O) groups excluding carboxylic acids is 2. The Bertz CT molecular complexity index is 2330. The van der Waals surface area contributed by atoms with Crippen LogP contribution in [0.4, 0.5) is 57.1 Å². The molecule has 3 saturated heterocycles. The van der Waals surface area contributed by atoms with Crippen LogP contribution in [-0.2, 0) is 14.3 Å². The van der Waals surface area contributed by atoms with E-state index in [1.165, 1.54) is 39.0 Å². The zero-order chi connectivity index (χ0) is 79.6. The molecule has 7 saturated carbocycles. The van der Waals surface area contributed by atoms with Crippen LogP contribution in [0.1, 0.15) is 295 Å². The van der Waals surface area contributed by atoms with Crippen LogP contribution in [0.15, 0.2) is 0 Å². The van der Waals surface area contributed by atoms with Crippen LogP contribution in [0, 0.1) is 105 Å². The lowest BCUT2D eigenvalue weighted by Gasteiger charge is -2.68. The normalized spacial score (nSPS) is 25.6. The van der Waals surface area contributed by atoms with Gasteiger partial charge in [0.1, 0.15) is 5.67 Å². The lowest BCUT2D eigenvalue weighted by molar-refractivity contribution is -0.316. The SMILES string of the molecule is CC(=O)N(C)CCC(C)C.CC(C)C1(C)COC1.CC(C)CC12CC(C#N)(C1)C2.CC(C)CC1CC(F)(F)C1.CC(C)CC1CC(F)(F)C1(F)F.CC(C)CC1CC1(F)F.CC(C)CC1CCC1(F)F.CC(C)CCN1CC(C)(F)C1.CC(C)N1CCCC1=O.CCC(F)(F)CNCCC(C)C. The average Bonchev–Trinajstić information content (AvgIpc) is 0.890. The molecule has 21 heteroatoms. The van der Waals surface area contributed by atoms with Gasteiger partial charge in [-0.15, -0.1) is 0 Å². The van der Waals surface area contributed by atoms with Gasteiger partial charge >= 0.3 is 11.8 Å². The molecule has 8 nitrogen and oxygen atoms in total. The molecule has 3 unspecified atom stereocenters. The van der Waals surface area contributed by atoms with Crippen LogP contribution in [0.5, 0.6) is 0 Å². The Balaban J connectivity index is 0.00000111. The Kier molecular flexibility index (Phi) is 42.4. The zero-order valence-corrected chi connectivity index (χ0v) is 68.5. The second kappa shape index (κ2) is 43.6. The maximum atomic E-state index is 12.9. The summed E-state index contributed by atoms with van der Waals surface area (Å²) in [5, 5.41) is 11.5. The van der Waals surface area contributed by atoms with Crippen molar-refractivity contribution in [1.82, 2.24) is 20.0 Å². The van der Waals surface area contributed by atoms with E-state index in [2.05, 4.69) is 120 Å². The summed E-state index contributed by atoms with van der Waals surface area (Å²) in [5.74, 6) is -12.9. The summed E-state index contributed by atoms with van der Waals surface area (Å²) in [6.07, 6.45) is 13.0. The van der Waals surface area contributed by atoms with Gasteiger partial charge in [0.25, 0.3) is 17.8 Å². The van der Waals surface area contributed by atoms with Crippen LogP contribution < -0.4 is 5.32 Å². The van der Waals surface area contributed by atoms with E-state index in [0.717, 1.165) is 89.1 Å². The summed E-state index contributed by atoms with van der Waals surface area (Å²) in [5.41, 5.74) is 0.399. The van der Waals surface area contributed by atoms with E-state index in [1.54, 1.807) is 32.6 Å². The summed E-state index contributed by atoms with van der Waals surface area (Å²) in [6.45, 7) is 55.4. The standard InChI is InChI=1S/C10H15N.C9H19F2N.C9H18FN.C8H12F4.2C8H14F2.C8H17NO.C7H12F2.C7H13NO.C7H14O/c1-8(2)3-9-4-10(5-9,6-9)7-11;1-4-9(10,11)7-12-6-5-8(2)3;1-8(2)4-5-11-6-9(3,10)7-11;1-5(2)3-6-4-7(9,10)8(6,11)12;1-6(2)3-7-4-8(9,10)5-7;1-6(2)5-7-3-4-8(7,9)10;1-7(2)5-6-9(4)8(3)10;1-5(2)3-6-4-7(6,8)9;1-6(2)8-5-3-4-7(8)9;1-6(2)7(3)4-8-5-7/h8H,3-6H2,1-2H3;8,12H,4-7H2,1-3H3;8H,4-7H2,1-3H3;5-6H,3-4H2,1-2H3;2*6-7H,3-5H2,1-2H3;7H,5-6H2,1-4H3;5-6H,3-4H2,1-2H3;6H,3-5H2,1-2H3;6H,4-5H2,1-3H3.